The van der Waals surface area contributed by atoms with Crippen LogP contribution < -0.4 is 10.6 Å². The fourth-order valence-corrected chi connectivity index (χ4v) is 2.91. The minimum Gasteiger partial charge on any atom is -0.461 e. The Bertz CT molecular complexity index is 719. The molecule has 1 aromatic carbocycles. The number of para-hydroxylation sites is 1. The highest BCUT2D eigenvalue weighted by molar-refractivity contribution is 14.0. The van der Waals surface area contributed by atoms with Gasteiger partial charge in [0.15, 0.2) is 5.96 Å². The average molecular weight is 441 g/mol. The lowest BCUT2D eigenvalue weighted by molar-refractivity contribution is 0.544. The topological polar surface area (TPSA) is 49.6 Å². The highest BCUT2D eigenvalue weighted by atomic mass is 127. The summed E-state index contributed by atoms with van der Waals surface area (Å²) in [7, 11) is 1.78. The number of fused-ring (bicyclic) bond motifs is 1. The van der Waals surface area contributed by atoms with Crippen molar-refractivity contribution >= 4 is 52.2 Å². The van der Waals surface area contributed by atoms with E-state index in [1.54, 1.807) is 18.4 Å². The summed E-state index contributed by atoms with van der Waals surface area (Å²) in [6, 6.07) is 14.3. The standard InChI is InChI=1S/C17H19N3OS.HI/c1-18-17(20-12-15-6-4-10-22-15)19-9-8-14-11-13-5-2-3-7-16(13)21-14;/h2-7,10-11H,8-9,12H2,1H3,(H2,18,19,20);1H. The molecule has 0 aliphatic heterocycles. The quantitative estimate of drug-likeness (QED) is 0.357. The highest BCUT2D eigenvalue weighted by Crippen LogP contribution is 2.18. The first-order chi connectivity index (χ1) is 10.8. The molecule has 0 saturated carbocycles. The van der Waals surface area contributed by atoms with Crippen molar-refractivity contribution in [3.8, 4) is 0 Å². The van der Waals surface area contributed by atoms with Crippen LogP contribution in [0.15, 0.2) is 57.3 Å². The second-order valence-electron chi connectivity index (χ2n) is 4.93. The van der Waals surface area contributed by atoms with E-state index in [0.717, 1.165) is 42.2 Å². The number of halogens is 1. The van der Waals surface area contributed by atoms with Crippen LogP contribution in [-0.4, -0.2) is 19.6 Å². The number of aliphatic imine (C=N–C) groups is 1. The zero-order valence-electron chi connectivity index (χ0n) is 12.9. The number of nitrogens with zero attached hydrogens (tertiary/aromatic N) is 1. The predicted octanol–water partition coefficient (Wildman–Crippen LogP) is 4.02. The van der Waals surface area contributed by atoms with Crippen molar-refractivity contribution < 1.29 is 4.42 Å². The molecular formula is C17H20IN3OS. The summed E-state index contributed by atoms with van der Waals surface area (Å²) in [6.45, 7) is 1.58. The van der Waals surface area contributed by atoms with Crippen LogP contribution >= 0.6 is 35.3 Å². The molecule has 3 aromatic rings. The van der Waals surface area contributed by atoms with Gasteiger partial charge in [-0.3, -0.25) is 4.99 Å². The van der Waals surface area contributed by atoms with Gasteiger partial charge in [-0.15, -0.1) is 35.3 Å². The Morgan fingerprint density at radius 2 is 2.04 bits per heavy atom. The van der Waals surface area contributed by atoms with Gasteiger partial charge in [-0.1, -0.05) is 24.3 Å². The van der Waals surface area contributed by atoms with Gasteiger partial charge in [0.05, 0.1) is 6.54 Å². The molecule has 2 aromatic heterocycles. The Hall–Kier alpha value is -1.54. The van der Waals surface area contributed by atoms with Gasteiger partial charge in [-0.05, 0) is 23.6 Å². The lowest BCUT2D eigenvalue weighted by Crippen LogP contribution is -2.37. The van der Waals surface area contributed by atoms with Crippen molar-refractivity contribution in [2.24, 2.45) is 4.99 Å². The Balaban J connectivity index is 0.00000192. The highest BCUT2D eigenvalue weighted by Gasteiger charge is 2.04. The molecule has 0 aliphatic rings. The van der Waals surface area contributed by atoms with E-state index in [-0.39, 0.29) is 24.0 Å². The number of hydrogen-bond acceptors (Lipinski definition) is 3. The number of thiophene rings is 1. The molecule has 0 saturated heterocycles. The fraction of sp³-hybridized carbons (Fsp3) is 0.235. The molecular weight excluding hydrogens is 421 g/mol. The Labute approximate surface area is 157 Å². The third-order valence-electron chi connectivity index (χ3n) is 3.37. The van der Waals surface area contributed by atoms with E-state index in [1.165, 1.54) is 4.88 Å². The van der Waals surface area contributed by atoms with Crippen LogP contribution in [0.2, 0.25) is 0 Å². The van der Waals surface area contributed by atoms with Gasteiger partial charge >= 0.3 is 0 Å². The Morgan fingerprint density at radius 3 is 2.78 bits per heavy atom. The van der Waals surface area contributed by atoms with Gasteiger partial charge in [0, 0.05) is 30.3 Å². The molecule has 0 aliphatic carbocycles. The summed E-state index contributed by atoms with van der Waals surface area (Å²) in [5, 5.41) is 9.84. The van der Waals surface area contributed by atoms with Crippen LogP contribution in [0.1, 0.15) is 10.6 Å². The molecule has 3 rings (SSSR count). The third kappa shape index (κ3) is 4.97. The SMILES string of the molecule is CN=C(NCCc1cc2ccccc2o1)NCc1cccs1.I. The van der Waals surface area contributed by atoms with Gasteiger partial charge in [0.1, 0.15) is 11.3 Å². The molecule has 0 atom stereocenters. The minimum absolute atomic E-state index is 0. The van der Waals surface area contributed by atoms with Crippen molar-refractivity contribution in [1.29, 1.82) is 0 Å². The van der Waals surface area contributed by atoms with Crippen molar-refractivity contribution in [3.63, 3.8) is 0 Å². The molecule has 0 unspecified atom stereocenters. The summed E-state index contributed by atoms with van der Waals surface area (Å²) in [4.78, 5) is 5.52. The molecule has 2 heterocycles. The van der Waals surface area contributed by atoms with Gasteiger partial charge in [-0.2, -0.15) is 0 Å². The second kappa shape index (κ2) is 8.93. The molecule has 122 valence electrons. The van der Waals surface area contributed by atoms with E-state index in [9.17, 15) is 0 Å². The minimum atomic E-state index is 0. The molecule has 0 radical (unpaired) electrons. The molecule has 2 N–H and O–H groups in total. The van der Waals surface area contributed by atoms with Crippen molar-refractivity contribution in [2.75, 3.05) is 13.6 Å². The third-order valence-corrected chi connectivity index (χ3v) is 4.25. The number of rotatable bonds is 5. The Morgan fingerprint density at radius 1 is 1.17 bits per heavy atom. The van der Waals surface area contributed by atoms with E-state index < -0.39 is 0 Å². The zero-order chi connectivity index (χ0) is 15.2. The van der Waals surface area contributed by atoms with Crippen molar-refractivity contribution in [1.82, 2.24) is 10.6 Å². The van der Waals surface area contributed by atoms with Crippen molar-refractivity contribution in [2.45, 2.75) is 13.0 Å². The lowest BCUT2D eigenvalue weighted by atomic mass is 10.2. The van der Waals surface area contributed by atoms with Crippen LogP contribution in [0.5, 0.6) is 0 Å². The van der Waals surface area contributed by atoms with Crippen LogP contribution in [0, 0.1) is 0 Å². The van der Waals surface area contributed by atoms with E-state index >= 15 is 0 Å². The summed E-state index contributed by atoms with van der Waals surface area (Å²) in [6.07, 6.45) is 0.828. The average Bonchev–Trinajstić information content (AvgIpc) is 3.19. The van der Waals surface area contributed by atoms with Crippen LogP contribution in [0.25, 0.3) is 11.0 Å². The molecule has 0 amide bonds. The summed E-state index contributed by atoms with van der Waals surface area (Å²) >= 11 is 1.74. The second-order valence-corrected chi connectivity index (χ2v) is 5.96. The maximum atomic E-state index is 5.80. The molecule has 4 nitrogen and oxygen atoms in total. The number of hydrogen-bond donors (Lipinski definition) is 2. The summed E-state index contributed by atoms with van der Waals surface area (Å²) in [5.41, 5.74) is 0.942. The normalized spacial score (nSPS) is 11.3. The zero-order valence-corrected chi connectivity index (χ0v) is 16.1. The summed E-state index contributed by atoms with van der Waals surface area (Å²) in [5.74, 6) is 1.80. The fourth-order valence-electron chi connectivity index (χ4n) is 2.27. The van der Waals surface area contributed by atoms with Crippen LogP contribution in [0.3, 0.4) is 0 Å². The first-order valence-corrected chi connectivity index (χ1v) is 8.17. The number of guanidine groups is 1. The monoisotopic (exact) mass is 441 g/mol. The predicted molar refractivity (Wildman–Crippen MR) is 108 cm³/mol. The van der Waals surface area contributed by atoms with E-state index in [1.807, 2.05) is 18.2 Å². The van der Waals surface area contributed by atoms with E-state index in [0.29, 0.717) is 0 Å². The number of nitrogens with one attached hydrogen (secondary N) is 2. The van der Waals surface area contributed by atoms with E-state index in [2.05, 4.69) is 45.3 Å². The maximum Gasteiger partial charge on any atom is 0.191 e. The lowest BCUT2D eigenvalue weighted by Gasteiger charge is -2.10. The smallest absolute Gasteiger partial charge is 0.191 e. The molecule has 0 spiro atoms. The maximum absolute atomic E-state index is 5.80. The van der Waals surface area contributed by atoms with Gasteiger partial charge in [-0.25, -0.2) is 0 Å². The molecule has 23 heavy (non-hydrogen) atoms. The van der Waals surface area contributed by atoms with Gasteiger partial charge in [0.25, 0.3) is 0 Å². The Kier molecular flexibility index (Phi) is 6.91. The number of furan rings is 1. The van der Waals surface area contributed by atoms with Crippen LogP contribution in [0.4, 0.5) is 0 Å². The number of benzene rings is 1. The molecule has 0 bridgehead atoms. The molecule has 0 fully saturated rings. The van der Waals surface area contributed by atoms with Crippen LogP contribution in [-0.2, 0) is 13.0 Å². The largest absolute Gasteiger partial charge is 0.461 e. The van der Waals surface area contributed by atoms with E-state index in [4.69, 9.17) is 4.42 Å². The first-order valence-electron chi connectivity index (χ1n) is 7.29. The van der Waals surface area contributed by atoms with Gasteiger partial charge < -0.3 is 15.1 Å². The molecule has 6 heteroatoms. The summed E-state index contributed by atoms with van der Waals surface area (Å²) < 4.78 is 5.80. The van der Waals surface area contributed by atoms with Crippen molar-refractivity contribution in [3.05, 3.63) is 58.5 Å². The van der Waals surface area contributed by atoms with Gasteiger partial charge in [0.2, 0.25) is 0 Å². The first kappa shape index (κ1) is 17.8.